The number of aryl methyl sites for hydroxylation is 1. The van der Waals surface area contributed by atoms with E-state index in [1.807, 2.05) is 25.1 Å². The van der Waals surface area contributed by atoms with Crippen molar-refractivity contribution in [1.82, 2.24) is 5.32 Å². The van der Waals surface area contributed by atoms with Gasteiger partial charge in [-0.2, -0.15) is 0 Å². The lowest BCUT2D eigenvalue weighted by molar-refractivity contribution is -0.121. The molecule has 0 atom stereocenters. The molecular weight excluding hydrogens is 309 g/mol. The summed E-state index contributed by atoms with van der Waals surface area (Å²) in [5, 5.41) is 2.88. The number of methoxy groups -OCH3 is 1. The molecule has 2 aromatic rings. The van der Waals surface area contributed by atoms with Crippen LogP contribution in [0.25, 0.3) is 0 Å². The van der Waals surface area contributed by atoms with Gasteiger partial charge in [0.25, 0.3) is 0 Å². The normalized spacial score (nSPS) is 10.3. The lowest BCUT2D eigenvalue weighted by Crippen LogP contribution is -2.23. The number of hydrogen-bond donors (Lipinski definition) is 1. The molecule has 0 bridgehead atoms. The Morgan fingerprint density at radius 1 is 1.08 bits per heavy atom. The number of rotatable bonds is 8. The number of nitrogens with one attached hydrogen (secondary N) is 1. The molecule has 5 heteroatoms. The number of halogens is 1. The zero-order valence-corrected chi connectivity index (χ0v) is 14.0. The second kappa shape index (κ2) is 8.91. The van der Waals surface area contributed by atoms with Crippen LogP contribution in [0.3, 0.4) is 0 Å². The zero-order valence-electron chi connectivity index (χ0n) is 14.0. The van der Waals surface area contributed by atoms with Crippen LogP contribution in [0.2, 0.25) is 0 Å². The van der Waals surface area contributed by atoms with E-state index in [1.54, 1.807) is 19.2 Å². The average molecular weight is 331 g/mol. The van der Waals surface area contributed by atoms with E-state index in [1.165, 1.54) is 12.1 Å². The molecule has 0 spiro atoms. The summed E-state index contributed by atoms with van der Waals surface area (Å²) in [4.78, 5) is 11.9. The van der Waals surface area contributed by atoms with Crippen LogP contribution in [0.4, 0.5) is 4.39 Å². The summed E-state index contributed by atoms with van der Waals surface area (Å²) in [7, 11) is 1.59. The van der Waals surface area contributed by atoms with Crippen LogP contribution >= 0.6 is 0 Å². The van der Waals surface area contributed by atoms with Crippen molar-refractivity contribution in [2.45, 2.75) is 26.3 Å². The van der Waals surface area contributed by atoms with E-state index in [-0.39, 0.29) is 11.7 Å². The SMILES string of the molecule is CCOc1cc(CNC(=O)CCc2ccc(F)cc2)ccc1OC. The number of ether oxygens (including phenoxy) is 2. The highest BCUT2D eigenvalue weighted by Gasteiger charge is 2.07. The second-order valence-corrected chi connectivity index (χ2v) is 5.32. The molecule has 0 unspecified atom stereocenters. The fourth-order valence-corrected chi connectivity index (χ4v) is 2.30. The van der Waals surface area contributed by atoms with Crippen molar-refractivity contribution in [1.29, 1.82) is 0 Å². The molecule has 1 amide bonds. The van der Waals surface area contributed by atoms with Gasteiger partial charge in [-0.3, -0.25) is 4.79 Å². The van der Waals surface area contributed by atoms with Crippen LogP contribution in [-0.2, 0) is 17.8 Å². The van der Waals surface area contributed by atoms with Crippen molar-refractivity contribution >= 4 is 5.91 Å². The van der Waals surface area contributed by atoms with Gasteiger partial charge in [-0.25, -0.2) is 4.39 Å². The van der Waals surface area contributed by atoms with Gasteiger partial charge in [-0.1, -0.05) is 18.2 Å². The van der Waals surface area contributed by atoms with Crippen molar-refractivity contribution in [3.05, 3.63) is 59.4 Å². The minimum absolute atomic E-state index is 0.0481. The van der Waals surface area contributed by atoms with Crippen LogP contribution in [0.5, 0.6) is 11.5 Å². The van der Waals surface area contributed by atoms with Crippen LogP contribution in [0.1, 0.15) is 24.5 Å². The summed E-state index contributed by atoms with van der Waals surface area (Å²) < 4.78 is 23.6. The van der Waals surface area contributed by atoms with Crippen molar-refractivity contribution < 1.29 is 18.7 Å². The first kappa shape index (κ1) is 17.8. The fourth-order valence-electron chi connectivity index (χ4n) is 2.30. The fraction of sp³-hybridized carbons (Fsp3) is 0.316. The number of hydrogen-bond acceptors (Lipinski definition) is 3. The molecule has 24 heavy (non-hydrogen) atoms. The topological polar surface area (TPSA) is 47.6 Å². The quantitative estimate of drug-likeness (QED) is 0.805. The summed E-state index contributed by atoms with van der Waals surface area (Å²) in [6, 6.07) is 11.8. The summed E-state index contributed by atoms with van der Waals surface area (Å²) in [5.74, 6) is 1.02. The van der Waals surface area contributed by atoms with Gasteiger partial charge >= 0.3 is 0 Å². The van der Waals surface area contributed by atoms with Crippen LogP contribution in [0.15, 0.2) is 42.5 Å². The lowest BCUT2D eigenvalue weighted by atomic mass is 10.1. The van der Waals surface area contributed by atoms with Gasteiger partial charge < -0.3 is 14.8 Å². The van der Waals surface area contributed by atoms with E-state index in [2.05, 4.69) is 5.32 Å². The molecule has 4 nitrogen and oxygen atoms in total. The first-order valence-corrected chi connectivity index (χ1v) is 7.93. The Hall–Kier alpha value is -2.56. The summed E-state index contributed by atoms with van der Waals surface area (Å²) in [6.07, 6.45) is 0.943. The van der Waals surface area contributed by atoms with E-state index < -0.39 is 0 Å². The Balaban J connectivity index is 1.84. The first-order chi connectivity index (χ1) is 11.6. The highest BCUT2D eigenvalue weighted by atomic mass is 19.1. The molecule has 0 saturated heterocycles. The second-order valence-electron chi connectivity index (χ2n) is 5.32. The first-order valence-electron chi connectivity index (χ1n) is 7.93. The maximum Gasteiger partial charge on any atom is 0.220 e. The predicted molar refractivity (Wildman–Crippen MR) is 90.7 cm³/mol. The minimum atomic E-state index is -0.271. The van der Waals surface area contributed by atoms with Gasteiger partial charge in [0, 0.05) is 13.0 Å². The maximum absolute atomic E-state index is 12.8. The molecular formula is C19H22FNO3. The third-order valence-corrected chi connectivity index (χ3v) is 3.57. The van der Waals surface area contributed by atoms with Gasteiger partial charge in [-0.05, 0) is 48.7 Å². The molecule has 0 fully saturated rings. The highest BCUT2D eigenvalue weighted by molar-refractivity contribution is 5.76. The van der Waals surface area contributed by atoms with Crippen molar-refractivity contribution in [3.63, 3.8) is 0 Å². The monoisotopic (exact) mass is 331 g/mol. The highest BCUT2D eigenvalue weighted by Crippen LogP contribution is 2.27. The van der Waals surface area contributed by atoms with E-state index in [9.17, 15) is 9.18 Å². The molecule has 0 heterocycles. The molecule has 0 aliphatic carbocycles. The van der Waals surface area contributed by atoms with Crippen molar-refractivity contribution in [3.8, 4) is 11.5 Å². The smallest absolute Gasteiger partial charge is 0.220 e. The largest absolute Gasteiger partial charge is 0.493 e. The molecule has 1 N–H and O–H groups in total. The van der Waals surface area contributed by atoms with Crippen LogP contribution in [-0.4, -0.2) is 19.6 Å². The Labute approximate surface area is 141 Å². The predicted octanol–water partition coefficient (Wildman–Crippen LogP) is 3.48. The van der Waals surface area contributed by atoms with E-state index in [0.717, 1.165) is 11.1 Å². The molecule has 2 rings (SSSR count). The molecule has 128 valence electrons. The zero-order chi connectivity index (χ0) is 17.4. The Bertz CT molecular complexity index is 671. The van der Waals surface area contributed by atoms with Gasteiger partial charge in [0.05, 0.1) is 13.7 Å². The van der Waals surface area contributed by atoms with E-state index in [4.69, 9.17) is 9.47 Å². The molecule has 0 aliphatic rings. The Kier molecular flexibility index (Phi) is 6.61. The summed E-state index contributed by atoms with van der Waals surface area (Å²) in [6.45, 7) is 2.87. The van der Waals surface area contributed by atoms with Crippen molar-refractivity contribution in [2.24, 2.45) is 0 Å². The van der Waals surface area contributed by atoms with Crippen LogP contribution < -0.4 is 14.8 Å². The Morgan fingerprint density at radius 2 is 1.79 bits per heavy atom. The average Bonchev–Trinajstić information content (AvgIpc) is 2.60. The summed E-state index contributed by atoms with van der Waals surface area (Å²) >= 11 is 0. The minimum Gasteiger partial charge on any atom is -0.493 e. The standard InChI is InChI=1S/C19H22FNO3/c1-3-24-18-12-15(6-10-17(18)23-2)13-21-19(22)11-7-14-4-8-16(20)9-5-14/h4-6,8-10,12H,3,7,11,13H2,1-2H3,(H,21,22). The van der Waals surface area contributed by atoms with Crippen LogP contribution in [0, 0.1) is 5.82 Å². The molecule has 0 aliphatic heterocycles. The van der Waals surface area contributed by atoms with Gasteiger partial charge in [0.2, 0.25) is 5.91 Å². The number of amides is 1. The van der Waals surface area contributed by atoms with Gasteiger partial charge in [0.15, 0.2) is 11.5 Å². The molecule has 0 saturated carbocycles. The van der Waals surface area contributed by atoms with E-state index in [0.29, 0.717) is 37.5 Å². The van der Waals surface area contributed by atoms with E-state index >= 15 is 0 Å². The number of carbonyl (C=O) groups is 1. The number of carbonyl (C=O) groups excluding carboxylic acids is 1. The summed E-state index contributed by atoms with van der Waals surface area (Å²) in [5.41, 5.74) is 1.88. The molecule has 0 aromatic heterocycles. The maximum atomic E-state index is 12.8. The lowest BCUT2D eigenvalue weighted by Gasteiger charge is -2.11. The van der Waals surface area contributed by atoms with Gasteiger partial charge in [0.1, 0.15) is 5.82 Å². The van der Waals surface area contributed by atoms with Gasteiger partial charge in [-0.15, -0.1) is 0 Å². The third-order valence-electron chi connectivity index (χ3n) is 3.57. The molecule has 0 radical (unpaired) electrons. The van der Waals surface area contributed by atoms with Crippen molar-refractivity contribution in [2.75, 3.05) is 13.7 Å². The molecule has 2 aromatic carbocycles. The Morgan fingerprint density at radius 3 is 2.46 bits per heavy atom. The third kappa shape index (κ3) is 5.26. The number of benzene rings is 2.